The number of nitrogens with two attached hydrogens (primary N) is 2. The molecule has 0 saturated heterocycles. The smallest absolute Gasteiger partial charge is 0.224 e. The van der Waals surface area contributed by atoms with Crippen molar-refractivity contribution < 1.29 is 0 Å². The molecule has 0 unspecified atom stereocenters. The van der Waals surface area contributed by atoms with Crippen LogP contribution in [-0.2, 0) is 0 Å². The van der Waals surface area contributed by atoms with Crippen molar-refractivity contribution in [2.45, 2.75) is 26.8 Å². The first-order valence-electron chi connectivity index (χ1n) is 8.65. The van der Waals surface area contributed by atoms with Crippen molar-refractivity contribution in [3.63, 3.8) is 0 Å². The Balaban J connectivity index is 2.11. The van der Waals surface area contributed by atoms with Gasteiger partial charge in [0, 0.05) is 11.6 Å². The van der Waals surface area contributed by atoms with Crippen molar-refractivity contribution in [1.82, 2.24) is 29.5 Å². The average molecular weight is 360 g/mol. The molecule has 27 heavy (non-hydrogen) atoms. The zero-order chi connectivity index (χ0) is 19.1. The summed E-state index contributed by atoms with van der Waals surface area (Å²) in [6, 6.07) is 10.1. The molecule has 4 rings (SSSR count). The summed E-state index contributed by atoms with van der Waals surface area (Å²) in [5.41, 5.74) is 16.7. The highest BCUT2D eigenvalue weighted by atomic mass is 15.1. The summed E-state index contributed by atoms with van der Waals surface area (Å²) in [6.45, 7) is 6.15. The lowest BCUT2D eigenvalue weighted by Crippen LogP contribution is -2.08. The molecule has 0 aliphatic carbocycles. The largest absolute Gasteiger partial charge is 0.382 e. The third-order valence-electron chi connectivity index (χ3n) is 4.38. The highest BCUT2D eigenvalue weighted by Crippen LogP contribution is 2.34. The minimum Gasteiger partial charge on any atom is -0.382 e. The van der Waals surface area contributed by atoms with E-state index in [0.717, 1.165) is 17.0 Å². The number of fused-ring (bicyclic) bond motifs is 1. The first kappa shape index (κ1) is 16.9. The Morgan fingerprint density at radius 3 is 2.37 bits per heavy atom. The normalized spacial score (nSPS) is 11.4. The summed E-state index contributed by atoms with van der Waals surface area (Å²) in [5.74, 6) is 0.282. The van der Waals surface area contributed by atoms with Crippen molar-refractivity contribution in [2.24, 2.45) is 0 Å². The lowest BCUT2D eigenvalue weighted by atomic mass is 10.1. The molecule has 0 fully saturated rings. The van der Waals surface area contributed by atoms with Gasteiger partial charge in [-0.15, -0.1) is 0 Å². The number of benzene rings is 1. The average Bonchev–Trinajstić information content (AvgIpc) is 3.03. The maximum Gasteiger partial charge on any atom is 0.224 e. The fraction of sp³-hybridized carbons (Fsp3) is 0.211. The molecule has 136 valence electrons. The molecule has 0 radical (unpaired) electrons. The van der Waals surface area contributed by atoms with E-state index in [1.165, 1.54) is 0 Å². The molecule has 8 heteroatoms. The zero-order valence-electron chi connectivity index (χ0n) is 15.4. The van der Waals surface area contributed by atoms with E-state index < -0.39 is 0 Å². The molecule has 0 bridgehead atoms. The van der Waals surface area contributed by atoms with Gasteiger partial charge in [-0.3, -0.25) is 0 Å². The third kappa shape index (κ3) is 2.84. The topological polar surface area (TPSA) is 121 Å². The summed E-state index contributed by atoms with van der Waals surface area (Å²) >= 11 is 0. The predicted molar refractivity (Wildman–Crippen MR) is 106 cm³/mol. The first-order valence-corrected chi connectivity index (χ1v) is 8.65. The molecule has 4 N–H and O–H groups in total. The van der Waals surface area contributed by atoms with Gasteiger partial charge in [0.05, 0.1) is 23.4 Å². The summed E-state index contributed by atoms with van der Waals surface area (Å²) in [7, 11) is 0. The molecule has 3 aromatic heterocycles. The van der Waals surface area contributed by atoms with Crippen LogP contribution in [0.25, 0.3) is 33.8 Å². The number of rotatable bonds is 3. The predicted octanol–water partition coefficient (Wildman–Crippen LogP) is 3.00. The summed E-state index contributed by atoms with van der Waals surface area (Å²) in [6.07, 6.45) is 1.82. The molecular weight excluding hydrogens is 340 g/mol. The van der Waals surface area contributed by atoms with E-state index in [0.29, 0.717) is 22.6 Å². The van der Waals surface area contributed by atoms with Crippen LogP contribution < -0.4 is 11.5 Å². The van der Waals surface area contributed by atoms with Gasteiger partial charge in [0.25, 0.3) is 0 Å². The summed E-state index contributed by atoms with van der Waals surface area (Å²) < 4.78 is 2.07. The maximum absolute atomic E-state index is 6.03. The minimum atomic E-state index is 0.0711. The van der Waals surface area contributed by atoms with Gasteiger partial charge >= 0.3 is 0 Å². The molecule has 0 saturated carbocycles. The molecule has 4 aromatic rings. The van der Waals surface area contributed by atoms with Crippen LogP contribution in [0.3, 0.4) is 0 Å². The second kappa shape index (κ2) is 6.31. The number of imidazole rings is 1. The Bertz CT molecular complexity index is 1130. The molecule has 0 aliphatic heterocycles. The van der Waals surface area contributed by atoms with E-state index in [-0.39, 0.29) is 17.8 Å². The minimum absolute atomic E-state index is 0.0711. The van der Waals surface area contributed by atoms with Crippen LogP contribution in [0.1, 0.15) is 25.6 Å². The standard InChI is InChI=1S/C19H20N8/c1-10(2)27-9-22-11(3)16(27)14-13(12-7-5-4-6-8-12)23-15-17(20)25-19(21)26-18(15)24-14/h4-10H,1-3H3,(H4,20,21,24,25,26). The van der Waals surface area contributed by atoms with Crippen LogP contribution in [0.15, 0.2) is 36.7 Å². The molecule has 0 atom stereocenters. The Kier molecular flexibility index (Phi) is 3.95. The van der Waals surface area contributed by atoms with Crippen LogP contribution in [0.5, 0.6) is 0 Å². The fourth-order valence-electron chi connectivity index (χ4n) is 3.09. The second-order valence-corrected chi connectivity index (χ2v) is 6.61. The van der Waals surface area contributed by atoms with Gasteiger partial charge in [-0.25, -0.2) is 15.0 Å². The van der Waals surface area contributed by atoms with Gasteiger partial charge in [-0.05, 0) is 20.8 Å². The Morgan fingerprint density at radius 1 is 0.926 bits per heavy atom. The molecule has 3 heterocycles. The van der Waals surface area contributed by atoms with E-state index >= 15 is 0 Å². The van der Waals surface area contributed by atoms with Crippen LogP contribution >= 0.6 is 0 Å². The third-order valence-corrected chi connectivity index (χ3v) is 4.38. The van der Waals surface area contributed by atoms with Crippen LogP contribution in [0.2, 0.25) is 0 Å². The Labute approximate surface area is 156 Å². The highest BCUT2D eigenvalue weighted by Gasteiger charge is 2.21. The second-order valence-electron chi connectivity index (χ2n) is 6.61. The molecule has 0 amide bonds. The first-order chi connectivity index (χ1) is 13.0. The molecule has 8 nitrogen and oxygen atoms in total. The van der Waals surface area contributed by atoms with Crippen molar-refractivity contribution in [2.75, 3.05) is 11.5 Å². The van der Waals surface area contributed by atoms with Gasteiger partial charge < -0.3 is 16.0 Å². The highest BCUT2D eigenvalue weighted by molar-refractivity contribution is 5.89. The molecule has 0 spiro atoms. The van der Waals surface area contributed by atoms with E-state index in [1.54, 1.807) is 0 Å². The molecule has 0 aliphatic rings. The van der Waals surface area contributed by atoms with E-state index in [4.69, 9.17) is 21.4 Å². The number of hydrogen-bond donors (Lipinski definition) is 2. The Morgan fingerprint density at radius 2 is 1.67 bits per heavy atom. The van der Waals surface area contributed by atoms with E-state index in [1.807, 2.05) is 43.6 Å². The molecular formula is C19H20N8. The van der Waals surface area contributed by atoms with Crippen LogP contribution in [-0.4, -0.2) is 29.5 Å². The summed E-state index contributed by atoms with van der Waals surface area (Å²) in [5, 5.41) is 0. The number of nitrogen functional groups attached to an aromatic ring is 2. The van der Waals surface area contributed by atoms with Gasteiger partial charge in [-0.2, -0.15) is 9.97 Å². The monoisotopic (exact) mass is 360 g/mol. The Hall–Kier alpha value is -3.55. The number of nitrogens with zero attached hydrogens (tertiary/aromatic N) is 6. The number of anilines is 2. The van der Waals surface area contributed by atoms with Crippen molar-refractivity contribution in [1.29, 1.82) is 0 Å². The lowest BCUT2D eigenvalue weighted by molar-refractivity contribution is 0.604. The van der Waals surface area contributed by atoms with Gasteiger partial charge in [-0.1, -0.05) is 30.3 Å². The lowest BCUT2D eigenvalue weighted by Gasteiger charge is -2.15. The number of aryl methyl sites for hydroxylation is 1. The number of aromatic nitrogens is 6. The quantitative estimate of drug-likeness (QED) is 0.576. The van der Waals surface area contributed by atoms with Crippen LogP contribution in [0, 0.1) is 6.92 Å². The zero-order valence-corrected chi connectivity index (χ0v) is 15.4. The van der Waals surface area contributed by atoms with Gasteiger partial charge in [0.2, 0.25) is 5.95 Å². The van der Waals surface area contributed by atoms with Gasteiger partial charge in [0.1, 0.15) is 5.69 Å². The SMILES string of the molecule is Cc1ncn(C(C)C)c1-c1nc2nc(N)nc(N)c2nc1-c1ccccc1. The van der Waals surface area contributed by atoms with E-state index in [9.17, 15) is 0 Å². The van der Waals surface area contributed by atoms with E-state index in [2.05, 4.69) is 33.4 Å². The van der Waals surface area contributed by atoms with Crippen LogP contribution in [0.4, 0.5) is 11.8 Å². The van der Waals surface area contributed by atoms with Gasteiger partial charge in [0.15, 0.2) is 17.0 Å². The van der Waals surface area contributed by atoms with Crippen molar-refractivity contribution in [3.8, 4) is 22.6 Å². The summed E-state index contributed by atoms with van der Waals surface area (Å²) in [4.78, 5) is 22.3. The molecule has 1 aromatic carbocycles. The maximum atomic E-state index is 6.03. The number of hydrogen-bond acceptors (Lipinski definition) is 7. The van der Waals surface area contributed by atoms with Crippen molar-refractivity contribution in [3.05, 3.63) is 42.4 Å². The fourth-order valence-corrected chi connectivity index (χ4v) is 3.09. The van der Waals surface area contributed by atoms with Crippen molar-refractivity contribution >= 4 is 22.9 Å².